The molecule has 0 bridgehead atoms. The normalized spacial score (nSPS) is 10.7. The predicted molar refractivity (Wildman–Crippen MR) is 76.3 cm³/mol. The van der Waals surface area contributed by atoms with Crippen molar-refractivity contribution in [3.63, 3.8) is 0 Å². The van der Waals surface area contributed by atoms with Gasteiger partial charge >= 0.3 is 5.97 Å². The van der Waals surface area contributed by atoms with Crippen LogP contribution < -0.4 is 4.74 Å². The topological polar surface area (TPSA) is 65.7 Å². The largest absolute Gasteiger partial charge is 0.480 e. The molecular formula is C15H12FN3O3. The summed E-state index contributed by atoms with van der Waals surface area (Å²) in [5, 5.41) is 8.38. The Morgan fingerprint density at radius 3 is 2.68 bits per heavy atom. The van der Waals surface area contributed by atoms with E-state index in [1.807, 2.05) is 0 Å². The SMILES string of the molecule is COC(=O)c1c(-c2cccc(F)c2)nn2nc(OC)ccc12. The highest BCUT2D eigenvalue weighted by molar-refractivity contribution is 6.03. The van der Waals surface area contributed by atoms with E-state index >= 15 is 0 Å². The summed E-state index contributed by atoms with van der Waals surface area (Å²) in [6.45, 7) is 0. The fourth-order valence-corrected chi connectivity index (χ4v) is 2.17. The van der Waals surface area contributed by atoms with Crippen LogP contribution in [0.2, 0.25) is 0 Å². The molecule has 0 radical (unpaired) electrons. The first-order valence-corrected chi connectivity index (χ1v) is 6.42. The lowest BCUT2D eigenvalue weighted by Gasteiger charge is -2.01. The van der Waals surface area contributed by atoms with E-state index in [0.717, 1.165) is 0 Å². The number of aromatic nitrogens is 3. The summed E-state index contributed by atoms with van der Waals surface area (Å²) in [4.78, 5) is 12.1. The van der Waals surface area contributed by atoms with E-state index in [2.05, 4.69) is 10.2 Å². The first-order valence-electron chi connectivity index (χ1n) is 6.42. The average Bonchev–Trinajstić information content (AvgIpc) is 2.92. The Bertz CT molecular complexity index is 860. The lowest BCUT2D eigenvalue weighted by atomic mass is 10.1. The van der Waals surface area contributed by atoms with E-state index in [0.29, 0.717) is 22.7 Å². The third-order valence-electron chi connectivity index (χ3n) is 3.18. The zero-order valence-corrected chi connectivity index (χ0v) is 11.9. The van der Waals surface area contributed by atoms with Gasteiger partial charge in [-0.15, -0.1) is 14.8 Å². The van der Waals surface area contributed by atoms with Gasteiger partial charge in [0.05, 0.1) is 14.2 Å². The van der Waals surface area contributed by atoms with Crippen LogP contribution in [-0.4, -0.2) is 35.0 Å². The van der Waals surface area contributed by atoms with Crippen LogP contribution in [0.5, 0.6) is 5.88 Å². The van der Waals surface area contributed by atoms with Gasteiger partial charge in [-0.3, -0.25) is 0 Å². The van der Waals surface area contributed by atoms with Crippen molar-refractivity contribution in [2.75, 3.05) is 14.2 Å². The van der Waals surface area contributed by atoms with Gasteiger partial charge in [0.1, 0.15) is 22.6 Å². The van der Waals surface area contributed by atoms with Crippen LogP contribution in [0.25, 0.3) is 16.8 Å². The number of methoxy groups -OCH3 is 2. The molecule has 0 unspecified atom stereocenters. The average molecular weight is 301 g/mol. The zero-order chi connectivity index (χ0) is 15.7. The minimum atomic E-state index is -0.568. The van der Waals surface area contributed by atoms with Crippen LogP contribution in [0, 0.1) is 5.82 Å². The van der Waals surface area contributed by atoms with E-state index in [1.54, 1.807) is 24.3 Å². The van der Waals surface area contributed by atoms with Gasteiger partial charge in [0.15, 0.2) is 0 Å². The van der Waals surface area contributed by atoms with Crippen molar-refractivity contribution < 1.29 is 18.7 Å². The fraction of sp³-hybridized carbons (Fsp3) is 0.133. The summed E-state index contributed by atoms with van der Waals surface area (Å²) in [5.41, 5.74) is 1.44. The highest BCUT2D eigenvalue weighted by atomic mass is 19.1. The number of benzene rings is 1. The third-order valence-corrected chi connectivity index (χ3v) is 3.18. The smallest absolute Gasteiger partial charge is 0.342 e. The molecule has 3 aromatic rings. The van der Waals surface area contributed by atoms with Crippen LogP contribution >= 0.6 is 0 Å². The van der Waals surface area contributed by atoms with E-state index in [-0.39, 0.29) is 5.56 Å². The number of carbonyl (C=O) groups excluding carboxylic acids is 1. The highest BCUT2D eigenvalue weighted by Gasteiger charge is 2.22. The summed E-state index contributed by atoms with van der Waals surface area (Å²) in [6, 6.07) is 9.08. The molecule has 3 rings (SSSR count). The van der Waals surface area contributed by atoms with E-state index in [9.17, 15) is 9.18 Å². The fourth-order valence-electron chi connectivity index (χ4n) is 2.17. The van der Waals surface area contributed by atoms with Crippen molar-refractivity contribution in [3.05, 3.63) is 47.8 Å². The summed E-state index contributed by atoms with van der Waals surface area (Å²) < 4.78 is 24.6. The highest BCUT2D eigenvalue weighted by Crippen LogP contribution is 2.27. The molecular weight excluding hydrogens is 289 g/mol. The van der Waals surface area contributed by atoms with E-state index < -0.39 is 11.8 Å². The van der Waals surface area contributed by atoms with Gasteiger partial charge < -0.3 is 9.47 Å². The van der Waals surface area contributed by atoms with Crippen molar-refractivity contribution in [2.45, 2.75) is 0 Å². The number of hydrogen-bond donors (Lipinski definition) is 0. The Kier molecular flexibility index (Phi) is 3.46. The number of halogens is 1. The molecule has 0 fully saturated rings. The second-order valence-corrected chi connectivity index (χ2v) is 4.48. The third kappa shape index (κ3) is 2.26. The Hall–Kier alpha value is -2.96. The quantitative estimate of drug-likeness (QED) is 0.695. The minimum Gasteiger partial charge on any atom is -0.480 e. The molecule has 0 saturated heterocycles. The van der Waals surface area contributed by atoms with Gasteiger partial charge in [0.25, 0.3) is 0 Å². The van der Waals surface area contributed by atoms with E-state index in [1.165, 1.54) is 31.0 Å². The molecule has 2 aromatic heterocycles. The van der Waals surface area contributed by atoms with E-state index in [4.69, 9.17) is 9.47 Å². The predicted octanol–water partition coefficient (Wildman–Crippen LogP) is 2.33. The Balaban J connectivity index is 2.30. The van der Waals surface area contributed by atoms with Crippen molar-refractivity contribution in [1.82, 2.24) is 14.8 Å². The first kappa shape index (κ1) is 14.0. The number of fused-ring (bicyclic) bond motifs is 1. The van der Waals surface area contributed by atoms with Gasteiger partial charge in [0.2, 0.25) is 5.88 Å². The maximum atomic E-state index is 13.5. The monoisotopic (exact) mass is 301 g/mol. The molecule has 0 aliphatic rings. The second-order valence-electron chi connectivity index (χ2n) is 4.48. The van der Waals surface area contributed by atoms with Crippen LogP contribution in [0.1, 0.15) is 10.4 Å². The molecule has 0 N–H and O–H groups in total. The van der Waals surface area contributed by atoms with Crippen LogP contribution in [0.15, 0.2) is 36.4 Å². The molecule has 0 saturated carbocycles. The number of rotatable bonds is 3. The van der Waals surface area contributed by atoms with Gasteiger partial charge in [-0.25, -0.2) is 9.18 Å². The summed E-state index contributed by atoms with van der Waals surface area (Å²) >= 11 is 0. The number of nitrogens with zero attached hydrogens (tertiary/aromatic N) is 3. The summed E-state index contributed by atoms with van der Waals surface area (Å²) in [5.74, 6) is -0.644. The number of hydrogen-bond acceptors (Lipinski definition) is 5. The minimum absolute atomic E-state index is 0.225. The van der Waals surface area contributed by atoms with Crippen LogP contribution in [-0.2, 0) is 4.74 Å². The second kappa shape index (κ2) is 5.44. The molecule has 0 amide bonds. The maximum absolute atomic E-state index is 13.5. The van der Waals surface area contributed by atoms with Crippen LogP contribution in [0.3, 0.4) is 0 Å². The van der Waals surface area contributed by atoms with Crippen molar-refractivity contribution in [2.24, 2.45) is 0 Å². The lowest BCUT2D eigenvalue weighted by molar-refractivity contribution is 0.0603. The molecule has 112 valence electrons. The molecule has 0 aliphatic heterocycles. The molecule has 0 aliphatic carbocycles. The Labute approximate surface area is 125 Å². The standard InChI is InChI=1S/C15H12FN3O3/c1-21-12-7-6-11-13(15(20)22-2)14(18-19(11)17-12)9-4-3-5-10(16)8-9/h3-8H,1-2H3. The van der Waals surface area contributed by atoms with Gasteiger partial charge in [0, 0.05) is 11.6 Å². The molecule has 0 atom stereocenters. The number of ether oxygens (including phenoxy) is 2. The van der Waals surface area contributed by atoms with Crippen molar-refractivity contribution in [3.8, 4) is 17.1 Å². The Morgan fingerprint density at radius 1 is 1.18 bits per heavy atom. The molecule has 2 heterocycles. The molecule has 1 aromatic carbocycles. The zero-order valence-electron chi connectivity index (χ0n) is 11.9. The van der Waals surface area contributed by atoms with Gasteiger partial charge in [-0.2, -0.15) is 0 Å². The Morgan fingerprint density at radius 2 is 2.00 bits per heavy atom. The maximum Gasteiger partial charge on any atom is 0.342 e. The van der Waals surface area contributed by atoms with Gasteiger partial charge in [-0.05, 0) is 18.2 Å². The summed E-state index contributed by atoms with van der Waals surface area (Å²) in [7, 11) is 2.75. The van der Waals surface area contributed by atoms with Crippen LogP contribution in [0.4, 0.5) is 4.39 Å². The molecule has 7 heteroatoms. The lowest BCUT2D eigenvalue weighted by Crippen LogP contribution is -2.03. The first-order chi connectivity index (χ1) is 10.6. The molecule has 0 spiro atoms. The summed E-state index contributed by atoms with van der Waals surface area (Å²) in [6.07, 6.45) is 0. The number of carbonyl (C=O) groups is 1. The molecule has 6 nitrogen and oxygen atoms in total. The van der Waals surface area contributed by atoms with Crippen molar-refractivity contribution >= 4 is 11.5 Å². The van der Waals surface area contributed by atoms with Gasteiger partial charge in [-0.1, -0.05) is 12.1 Å². The number of esters is 1. The molecule has 22 heavy (non-hydrogen) atoms. The van der Waals surface area contributed by atoms with Crippen molar-refractivity contribution in [1.29, 1.82) is 0 Å².